The van der Waals surface area contributed by atoms with Crippen LogP contribution in [0.4, 0.5) is 0 Å². The average Bonchev–Trinajstić information content (AvgIpc) is 3.12. The molecule has 0 aromatic heterocycles. The van der Waals surface area contributed by atoms with Crippen LogP contribution in [0.2, 0.25) is 0 Å². The summed E-state index contributed by atoms with van der Waals surface area (Å²) < 4.78 is 34.6. The summed E-state index contributed by atoms with van der Waals surface area (Å²) in [6.07, 6.45) is 42.2. The van der Waals surface area contributed by atoms with Gasteiger partial charge in [-0.2, -0.15) is 0 Å². The second-order valence-electron chi connectivity index (χ2n) is 16.8. The molecule has 0 saturated carbocycles. The Bertz CT molecular complexity index is 879. The fourth-order valence-corrected chi connectivity index (χ4v) is 7.21. The van der Waals surface area contributed by atoms with Crippen LogP contribution in [-0.4, -0.2) is 70.7 Å². The van der Waals surface area contributed by atoms with Gasteiger partial charge in [-0.05, 0) is 38.5 Å². The molecule has 9 heteroatoms. The van der Waals surface area contributed by atoms with E-state index in [0.717, 1.165) is 44.9 Å². The van der Waals surface area contributed by atoms with Gasteiger partial charge in [-0.3, -0.25) is 9.36 Å². The number of hydrogen-bond acceptors (Lipinski definition) is 7. The van der Waals surface area contributed by atoms with Gasteiger partial charge in [0.2, 0.25) is 0 Å². The summed E-state index contributed by atoms with van der Waals surface area (Å²) in [7, 11) is 1.36. The second-order valence-corrected chi connectivity index (χ2v) is 18.2. The normalized spacial score (nSPS) is 13.8. The van der Waals surface area contributed by atoms with Gasteiger partial charge in [0.1, 0.15) is 19.3 Å². The fourth-order valence-electron chi connectivity index (χ4n) is 6.48. The van der Waals surface area contributed by atoms with Crippen LogP contribution in [0.1, 0.15) is 213 Å². The monoisotopic (exact) mass is 788 g/mol. The van der Waals surface area contributed by atoms with Crippen LogP contribution in [-0.2, 0) is 27.9 Å². The highest BCUT2D eigenvalue weighted by Crippen LogP contribution is 2.38. The summed E-state index contributed by atoms with van der Waals surface area (Å²) in [5, 5.41) is 0. The third-order valence-electron chi connectivity index (χ3n) is 10.1. The number of carbonyl (C=O) groups is 1. The van der Waals surface area contributed by atoms with Crippen LogP contribution in [0.3, 0.4) is 0 Å². The highest BCUT2D eigenvalue weighted by molar-refractivity contribution is 7.45. The van der Waals surface area contributed by atoms with Crippen molar-refractivity contribution in [2.45, 2.75) is 219 Å². The lowest BCUT2D eigenvalue weighted by atomic mass is 10.0. The van der Waals surface area contributed by atoms with Crippen LogP contribution in [0, 0.1) is 0 Å². The molecule has 0 saturated heterocycles. The van der Waals surface area contributed by atoms with Crippen molar-refractivity contribution in [1.29, 1.82) is 0 Å². The number of allylic oxidation sites excluding steroid dienone is 2. The van der Waals surface area contributed by atoms with E-state index in [0.29, 0.717) is 24.1 Å². The lowest BCUT2D eigenvalue weighted by Crippen LogP contribution is -2.37. The topological polar surface area (TPSA) is 94.1 Å². The van der Waals surface area contributed by atoms with Crippen LogP contribution < -0.4 is 4.89 Å². The summed E-state index contributed by atoms with van der Waals surface area (Å²) in [5.74, 6) is -0.339. The number of likely N-dealkylation sites (N-methyl/N-ethyl adjacent to an activating group) is 1. The quantitative estimate of drug-likeness (QED) is 0.0200. The lowest BCUT2D eigenvalue weighted by Gasteiger charge is -2.28. The molecule has 2 atom stereocenters. The van der Waals surface area contributed by atoms with E-state index in [-0.39, 0.29) is 25.8 Å². The molecule has 322 valence electrons. The Hall–Kier alpha value is -0.760. The van der Waals surface area contributed by atoms with Crippen molar-refractivity contribution in [3.05, 3.63) is 12.2 Å². The number of unbranched alkanes of at least 4 members (excludes halogenated alkanes) is 27. The summed E-state index contributed by atoms with van der Waals surface area (Å²) in [6.45, 7) is 5.43. The molecule has 0 spiro atoms. The molecular formula is C45H90NO7P. The van der Waals surface area contributed by atoms with E-state index in [4.69, 9.17) is 18.5 Å². The van der Waals surface area contributed by atoms with Crippen LogP contribution in [0.15, 0.2) is 12.2 Å². The molecule has 0 aromatic carbocycles. The van der Waals surface area contributed by atoms with E-state index in [9.17, 15) is 14.3 Å². The van der Waals surface area contributed by atoms with Gasteiger partial charge in [0.25, 0.3) is 7.82 Å². The summed E-state index contributed by atoms with van der Waals surface area (Å²) in [6, 6.07) is 0. The summed E-state index contributed by atoms with van der Waals surface area (Å²) in [4.78, 5) is 25.0. The molecule has 2 unspecified atom stereocenters. The van der Waals surface area contributed by atoms with Gasteiger partial charge in [0, 0.05) is 13.0 Å². The maximum atomic E-state index is 12.7. The first kappa shape index (κ1) is 53.2. The van der Waals surface area contributed by atoms with Crippen molar-refractivity contribution < 1.29 is 37.3 Å². The molecule has 0 rings (SSSR count). The minimum Gasteiger partial charge on any atom is -0.756 e. The second kappa shape index (κ2) is 39.1. The van der Waals surface area contributed by atoms with E-state index in [1.807, 2.05) is 21.1 Å². The SMILES string of the molecule is CCCCCCC/C=C\CCCCCCCC(=O)OC(COCCCCCCCCCCCCCCCCCCCC)COP(=O)([O-])OCC[N+](C)(C)C. The Kier molecular flexibility index (Phi) is 38.5. The Morgan fingerprint density at radius 2 is 0.963 bits per heavy atom. The zero-order valence-corrected chi connectivity index (χ0v) is 37.3. The molecule has 0 fully saturated rings. The Morgan fingerprint density at radius 3 is 1.41 bits per heavy atom. The molecule has 0 amide bonds. The third-order valence-corrected chi connectivity index (χ3v) is 11.0. The van der Waals surface area contributed by atoms with Gasteiger partial charge in [0.05, 0.1) is 34.4 Å². The fraction of sp³-hybridized carbons (Fsp3) is 0.933. The first-order chi connectivity index (χ1) is 26.1. The number of nitrogens with zero attached hydrogens (tertiary/aromatic N) is 1. The van der Waals surface area contributed by atoms with Crippen LogP contribution >= 0.6 is 7.82 Å². The van der Waals surface area contributed by atoms with Crippen molar-refractivity contribution >= 4 is 13.8 Å². The Labute approximate surface area is 335 Å². The first-order valence-corrected chi connectivity index (χ1v) is 24.4. The summed E-state index contributed by atoms with van der Waals surface area (Å²) >= 11 is 0. The van der Waals surface area contributed by atoms with E-state index in [1.54, 1.807) is 0 Å². The molecule has 0 N–H and O–H groups in total. The maximum Gasteiger partial charge on any atom is 0.306 e. The predicted molar refractivity (Wildman–Crippen MR) is 227 cm³/mol. The minimum atomic E-state index is -4.52. The molecule has 0 heterocycles. The highest BCUT2D eigenvalue weighted by atomic mass is 31.2. The molecule has 0 aliphatic rings. The van der Waals surface area contributed by atoms with Gasteiger partial charge in [0.15, 0.2) is 0 Å². The predicted octanol–water partition coefficient (Wildman–Crippen LogP) is 12.8. The van der Waals surface area contributed by atoms with E-state index >= 15 is 0 Å². The van der Waals surface area contributed by atoms with Crippen molar-refractivity contribution in [2.75, 3.05) is 54.1 Å². The number of carbonyl (C=O) groups excluding carboxylic acids is 1. The zero-order chi connectivity index (χ0) is 39.9. The molecule has 54 heavy (non-hydrogen) atoms. The molecule has 0 aliphatic carbocycles. The molecule has 0 radical (unpaired) electrons. The molecule has 0 bridgehead atoms. The van der Waals surface area contributed by atoms with E-state index in [1.165, 1.54) is 148 Å². The Morgan fingerprint density at radius 1 is 0.556 bits per heavy atom. The maximum absolute atomic E-state index is 12.7. The van der Waals surface area contributed by atoms with E-state index < -0.39 is 13.9 Å². The molecule has 8 nitrogen and oxygen atoms in total. The lowest BCUT2D eigenvalue weighted by molar-refractivity contribution is -0.870. The molecular weight excluding hydrogens is 697 g/mol. The van der Waals surface area contributed by atoms with Gasteiger partial charge in [-0.15, -0.1) is 0 Å². The Balaban J connectivity index is 4.17. The number of quaternary nitrogens is 1. The smallest absolute Gasteiger partial charge is 0.306 e. The van der Waals surface area contributed by atoms with Gasteiger partial charge in [-0.1, -0.05) is 180 Å². The average molecular weight is 788 g/mol. The van der Waals surface area contributed by atoms with Gasteiger partial charge in [-0.25, -0.2) is 0 Å². The highest BCUT2D eigenvalue weighted by Gasteiger charge is 2.20. The van der Waals surface area contributed by atoms with E-state index in [2.05, 4.69) is 26.0 Å². The standard InChI is InChI=1S/C45H90NO7P/c1-6-8-10-12-14-16-18-20-22-23-24-25-27-29-31-33-35-37-40-50-42-44(43-52-54(48,49)51-41-39-46(3,4)5)53-45(47)38-36-34-32-30-28-26-21-19-17-15-13-11-9-7-2/h19,21,44H,6-18,20,22-43H2,1-5H3/b21-19-. The van der Waals surface area contributed by atoms with Crippen molar-refractivity contribution in [3.8, 4) is 0 Å². The summed E-state index contributed by atoms with van der Waals surface area (Å²) in [5.41, 5.74) is 0. The minimum absolute atomic E-state index is 0.0278. The van der Waals surface area contributed by atoms with Crippen molar-refractivity contribution in [3.63, 3.8) is 0 Å². The van der Waals surface area contributed by atoms with Crippen LogP contribution in [0.5, 0.6) is 0 Å². The number of hydrogen-bond donors (Lipinski definition) is 0. The number of esters is 1. The number of phosphoric acid groups is 1. The van der Waals surface area contributed by atoms with Crippen molar-refractivity contribution in [1.82, 2.24) is 0 Å². The molecule has 0 aliphatic heterocycles. The zero-order valence-electron chi connectivity index (χ0n) is 36.4. The first-order valence-electron chi connectivity index (χ1n) is 22.9. The van der Waals surface area contributed by atoms with Crippen LogP contribution in [0.25, 0.3) is 0 Å². The van der Waals surface area contributed by atoms with Crippen molar-refractivity contribution in [2.24, 2.45) is 0 Å². The van der Waals surface area contributed by atoms with Gasteiger partial charge < -0.3 is 27.9 Å². The number of phosphoric ester groups is 1. The molecule has 0 aromatic rings. The third kappa shape index (κ3) is 42.4. The number of rotatable bonds is 43. The number of ether oxygens (including phenoxy) is 2. The van der Waals surface area contributed by atoms with Gasteiger partial charge >= 0.3 is 5.97 Å². The largest absolute Gasteiger partial charge is 0.756 e.